The minimum atomic E-state index is 0.293. The molecule has 0 bridgehead atoms. The first-order valence-electron chi connectivity index (χ1n) is 6.95. The van der Waals surface area contributed by atoms with E-state index < -0.39 is 0 Å². The quantitative estimate of drug-likeness (QED) is 0.505. The highest BCUT2D eigenvalue weighted by Crippen LogP contribution is 2.39. The van der Waals surface area contributed by atoms with Crippen LogP contribution < -0.4 is 0 Å². The van der Waals surface area contributed by atoms with Crippen LogP contribution in [0.15, 0.2) is 72.8 Å². The number of aromatic hydroxyl groups is 1. The molecule has 0 aliphatic carbocycles. The summed E-state index contributed by atoms with van der Waals surface area (Å²) in [4.78, 5) is 0. The molecule has 0 amide bonds. The number of hydrogen-bond donors (Lipinski definition) is 1. The van der Waals surface area contributed by atoms with E-state index in [-0.39, 0.29) is 0 Å². The molecule has 0 aliphatic heterocycles. The molecule has 0 unspecified atom stereocenters. The number of rotatable bonds is 1. The van der Waals surface area contributed by atoms with Gasteiger partial charge in [-0.1, -0.05) is 66.7 Å². The topological polar surface area (TPSA) is 20.2 Å². The standard InChI is InChI=1S/C20H13O/c21-19-13-12-15-7-2-4-10-17(15)20(19)18-11-5-8-14-6-1-3-9-16(14)18/h1-10,12-13,21H. The van der Waals surface area contributed by atoms with E-state index in [9.17, 15) is 5.11 Å². The van der Waals surface area contributed by atoms with Gasteiger partial charge in [-0.2, -0.15) is 0 Å². The number of hydrogen-bond acceptors (Lipinski definition) is 1. The molecule has 21 heavy (non-hydrogen) atoms. The fourth-order valence-corrected chi connectivity index (χ4v) is 2.89. The lowest BCUT2D eigenvalue weighted by Gasteiger charge is -2.11. The van der Waals surface area contributed by atoms with Gasteiger partial charge >= 0.3 is 0 Å². The molecule has 4 aromatic carbocycles. The molecule has 0 spiro atoms. The molecule has 4 rings (SSSR count). The summed E-state index contributed by atoms with van der Waals surface area (Å²) >= 11 is 0. The summed E-state index contributed by atoms with van der Waals surface area (Å²) in [6, 6.07) is 27.3. The highest BCUT2D eigenvalue weighted by molar-refractivity contribution is 6.07. The zero-order chi connectivity index (χ0) is 14.2. The molecule has 4 aromatic rings. The maximum absolute atomic E-state index is 10.4. The molecule has 1 N–H and O–H groups in total. The number of benzene rings is 4. The van der Waals surface area contributed by atoms with Gasteiger partial charge in [-0.25, -0.2) is 0 Å². The molecule has 99 valence electrons. The van der Waals surface area contributed by atoms with Gasteiger partial charge in [-0.3, -0.25) is 0 Å². The number of fused-ring (bicyclic) bond motifs is 2. The maximum atomic E-state index is 10.4. The van der Waals surface area contributed by atoms with Gasteiger partial charge in [0.25, 0.3) is 0 Å². The van der Waals surface area contributed by atoms with E-state index in [1.54, 1.807) is 6.07 Å². The molecule has 1 radical (unpaired) electrons. The fraction of sp³-hybridized carbons (Fsp3) is 0. The van der Waals surface area contributed by atoms with Crippen molar-refractivity contribution in [1.82, 2.24) is 0 Å². The molecule has 1 nitrogen and oxygen atoms in total. The van der Waals surface area contributed by atoms with Crippen molar-refractivity contribution >= 4 is 21.5 Å². The van der Waals surface area contributed by atoms with Gasteiger partial charge in [0.2, 0.25) is 0 Å². The van der Waals surface area contributed by atoms with Crippen LogP contribution in [0.3, 0.4) is 0 Å². The molecule has 0 heterocycles. The zero-order valence-corrected chi connectivity index (χ0v) is 11.4. The third kappa shape index (κ3) is 1.86. The Labute approximate surface area is 123 Å². The van der Waals surface area contributed by atoms with E-state index in [0.29, 0.717) is 5.75 Å². The van der Waals surface area contributed by atoms with Crippen LogP contribution in [0.2, 0.25) is 0 Å². The lowest BCUT2D eigenvalue weighted by molar-refractivity contribution is 0.478. The minimum Gasteiger partial charge on any atom is -0.507 e. The molecule has 0 fully saturated rings. The summed E-state index contributed by atoms with van der Waals surface area (Å²) in [5.41, 5.74) is 1.80. The smallest absolute Gasteiger partial charge is 0.124 e. The van der Waals surface area contributed by atoms with E-state index in [2.05, 4.69) is 24.3 Å². The van der Waals surface area contributed by atoms with Gasteiger partial charge in [-0.15, -0.1) is 0 Å². The van der Waals surface area contributed by atoms with E-state index in [4.69, 9.17) is 0 Å². The highest BCUT2D eigenvalue weighted by atomic mass is 16.3. The second kappa shape index (κ2) is 4.64. The third-order valence-electron chi connectivity index (χ3n) is 3.88. The number of phenolic OH excluding ortho intramolecular Hbond substituents is 1. The first-order valence-corrected chi connectivity index (χ1v) is 6.95. The Morgan fingerprint density at radius 2 is 1.33 bits per heavy atom. The van der Waals surface area contributed by atoms with Gasteiger partial charge in [0.15, 0.2) is 0 Å². The van der Waals surface area contributed by atoms with Crippen molar-refractivity contribution in [2.45, 2.75) is 0 Å². The van der Waals surface area contributed by atoms with E-state index in [0.717, 1.165) is 32.7 Å². The SMILES string of the molecule is Oc1ccc2ccccc2c1-c1[c]ccc2ccccc12. The monoisotopic (exact) mass is 269 g/mol. The largest absolute Gasteiger partial charge is 0.507 e. The molecule has 0 atom stereocenters. The number of phenols is 1. The van der Waals surface area contributed by atoms with Crippen molar-refractivity contribution in [3.8, 4) is 16.9 Å². The van der Waals surface area contributed by atoms with Gasteiger partial charge in [0.05, 0.1) is 0 Å². The van der Waals surface area contributed by atoms with Crippen molar-refractivity contribution < 1.29 is 5.11 Å². The van der Waals surface area contributed by atoms with Crippen LogP contribution in [0, 0.1) is 6.07 Å². The normalized spacial score (nSPS) is 11.0. The molecule has 0 saturated carbocycles. The molecule has 0 aromatic heterocycles. The van der Waals surface area contributed by atoms with E-state index in [1.165, 1.54) is 0 Å². The van der Waals surface area contributed by atoms with Gasteiger partial charge in [0, 0.05) is 11.1 Å². The second-order valence-electron chi connectivity index (χ2n) is 5.12. The fourth-order valence-electron chi connectivity index (χ4n) is 2.89. The molecule has 0 saturated heterocycles. The van der Waals surface area contributed by atoms with Gasteiger partial charge in [0.1, 0.15) is 5.75 Å². The van der Waals surface area contributed by atoms with Gasteiger partial charge < -0.3 is 5.11 Å². The lowest BCUT2D eigenvalue weighted by Crippen LogP contribution is -1.85. The van der Waals surface area contributed by atoms with E-state index >= 15 is 0 Å². The third-order valence-corrected chi connectivity index (χ3v) is 3.88. The van der Waals surface area contributed by atoms with Crippen molar-refractivity contribution in [3.05, 3.63) is 78.9 Å². The molecule has 1 heteroatoms. The zero-order valence-electron chi connectivity index (χ0n) is 11.4. The van der Waals surface area contributed by atoms with Crippen LogP contribution in [-0.2, 0) is 0 Å². The Hall–Kier alpha value is -2.80. The molecular formula is C20H13O. The van der Waals surface area contributed by atoms with Gasteiger partial charge in [-0.05, 0) is 33.7 Å². The van der Waals surface area contributed by atoms with Crippen molar-refractivity contribution in [3.63, 3.8) is 0 Å². The summed E-state index contributed by atoms with van der Waals surface area (Å²) in [6.45, 7) is 0. The predicted octanol–water partition coefficient (Wildman–Crippen LogP) is 5.17. The van der Waals surface area contributed by atoms with E-state index in [1.807, 2.05) is 48.5 Å². The Balaban J connectivity index is 2.16. The van der Waals surface area contributed by atoms with Crippen LogP contribution >= 0.6 is 0 Å². The summed E-state index contributed by atoms with van der Waals surface area (Å²) in [5.74, 6) is 0.293. The molecule has 0 aliphatic rings. The van der Waals surface area contributed by atoms with Crippen LogP contribution in [0.1, 0.15) is 0 Å². The van der Waals surface area contributed by atoms with Crippen molar-refractivity contribution in [2.24, 2.45) is 0 Å². The van der Waals surface area contributed by atoms with Crippen LogP contribution in [0.4, 0.5) is 0 Å². The van der Waals surface area contributed by atoms with Crippen LogP contribution in [-0.4, -0.2) is 5.11 Å². The summed E-state index contributed by atoms with van der Waals surface area (Å²) < 4.78 is 0. The summed E-state index contributed by atoms with van der Waals surface area (Å²) in [5, 5.41) is 14.8. The average Bonchev–Trinajstić information content (AvgIpc) is 2.54. The van der Waals surface area contributed by atoms with Crippen LogP contribution in [0.5, 0.6) is 5.75 Å². The second-order valence-corrected chi connectivity index (χ2v) is 5.12. The van der Waals surface area contributed by atoms with Crippen LogP contribution in [0.25, 0.3) is 32.7 Å². The first kappa shape index (κ1) is 12.0. The lowest BCUT2D eigenvalue weighted by atomic mass is 9.93. The highest BCUT2D eigenvalue weighted by Gasteiger charge is 2.12. The van der Waals surface area contributed by atoms with Crippen molar-refractivity contribution in [1.29, 1.82) is 0 Å². The first-order chi connectivity index (χ1) is 10.3. The predicted molar refractivity (Wildman–Crippen MR) is 87.4 cm³/mol. The van der Waals surface area contributed by atoms with Crippen molar-refractivity contribution in [2.75, 3.05) is 0 Å². The Morgan fingerprint density at radius 3 is 2.14 bits per heavy atom. The maximum Gasteiger partial charge on any atom is 0.124 e. The Bertz CT molecular complexity index is 949. The Morgan fingerprint density at radius 1 is 0.667 bits per heavy atom. The Kier molecular flexibility index (Phi) is 2.65. The minimum absolute atomic E-state index is 0.293. The summed E-state index contributed by atoms with van der Waals surface area (Å²) in [7, 11) is 0. The summed E-state index contributed by atoms with van der Waals surface area (Å²) in [6.07, 6.45) is 0. The average molecular weight is 269 g/mol. The molecular weight excluding hydrogens is 256 g/mol.